The first-order chi connectivity index (χ1) is 6.43. The van der Waals surface area contributed by atoms with Gasteiger partial charge in [-0.05, 0) is 30.9 Å². The van der Waals surface area contributed by atoms with Crippen molar-refractivity contribution in [2.24, 2.45) is 0 Å². The van der Waals surface area contributed by atoms with E-state index in [0.717, 1.165) is 6.04 Å². The highest BCUT2D eigenvalue weighted by Gasteiger charge is 2.39. The molecule has 2 fully saturated rings. The maximum absolute atomic E-state index is 3.94. The first kappa shape index (κ1) is 7.44. The average Bonchev–Trinajstić information content (AvgIpc) is 2.80. The minimum atomic E-state index is 0.689. The van der Waals surface area contributed by atoms with Crippen molar-refractivity contribution in [3.63, 3.8) is 0 Å². The number of fused-ring (bicyclic) bond motifs is 2. The lowest BCUT2D eigenvalue weighted by atomic mass is 9.85. The van der Waals surface area contributed by atoms with Crippen molar-refractivity contribution in [3.8, 4) is 0 Å². The van der Waals surface area contributed by atoms with E-state index in [0.29, 0.717) is 12.0 Å². The Morgan fingerprint density at radius 1 is 1.31 bits per heavy atom. The fourth-order valence-corrected chi connectivity index (χ4v) is 2.71. The predicted molar refractivity (Wildman–Crippen MR) is 49.3 cm³/mol. The van der Waals surface area contributed by atoms with Crippen molar-refractivity contribution >= 4 is 0 Å². The highest BCUT2D eigenvalue weighted by Crippen LogP contribution is 2.39. The Morgan fingerprint density at radius 2 is 2.31 bits per heavy atom. The molecule has 0 spiro atoms. The van der Waals surface area contributed by atoms with Crippen molar-refractivity contribution in [1.82, 2.24) is 15.5 Å². The van der Waals surface area contributed by atoms with Gasteiger partial charge in [0.25, 0.3) is 0 Å². The Hall–Kier alpha value is -0.960. The van der Waals surface area contributed by atoms with Crippen LogP contribution in [0.1, 0.15) is 30.7 Å². The summed E-state index contributed by atoms with van der Waals surface area (Å²) in [7, 11) is 0. The van der Waals surface area contributed by atoms with Gasteiger partial charge in [0.2, 0.25) is 0 Å². The second-order valence-corrected chi connectivity index (χ2v) is 4.07. The van der Waals surface area contributed by atoms with Gasteiger partial charge in [-0.3, -0.25) is 0 Å². The molecule has 3 heterocycles. The smallest absolute Gasteiger partial charge is 0.0531 e. The fourth-order valence-electron chi connectivity index (χ4n) is 2.71. The van der Waals surface area contributed by atoms with Crippen molar-refractivity contribution in [3.05, 3.63) is 24.0 Å². The van der Waals surface area contributed by atoms with Gasteiger partial charge in [-0.25, -0.2) is 0 Å². The molecule has 0 amide bonds. The molecule has 2 saturated heterocycles. The summed E-state index contributed by atoms with van der Waals surface area (Å²) in [6.45, 7) is 0. The first-order valence-corrected chi connectivity index (χ1v) is 4.96. The van der Waals surface area contributed by atoms with Crippen LogP contribution in [0.2, 0.25) is 0 Å². The van der Waals surface area contributed by atoms with Crippen LogP contribution in [-0.4, -0.2) is 22.3 Å². The van der Waals surface area contributed by atoms with Gasteiger partial charge in [0.05, 0.1) is 6.20 Å². The molecule has 1 N–H and O–H groups in total. The van der Waals surface area contributed by atoms with E-state index >= 15 is 0 Å². The zero-order chi connectivity index (χ0) is 8.67. The molecule has 2 aliphatic heterocycles. The maximum Gasteiger partial charge on any atom is 0.0531 e. The second-order valence-electron chi connectivity index (χ2n) is 4.07. The number of aromatic nitrogens is 2. The van der Waals surface area contributed by atoms with E-state index < -0.39 is 0 Å². The predicted octanol–water partition coefficient (Wildman–Crippen LogP) is 1.08. The summed E-state index contributed by atoms with van der Waals surface area (Å²) in [4.78, 5) is 0. The summed E-state index contributed by atoms with van der Waals surface area (Å²) < 4.78 is 0. The highest BCUT2D eigenvalue weighted by atomic mass is 15.1. The molecule has 0 radical (unpaired) electrons. The molecule has 1 aromatic heterocycles. The standard InChI is InChI=1S/C10H13N3/c1-2-10-9(5-8(1)13-10)7-3-4-11-12-6-7/h3-4,6,8-10,13H,1-2,5H2/t8-,9-,10+/m1/s1. The summed E-state index contributed by atoms with van der Waals surface area (Å²) in [6, 6.07) is 3.57. The largest absolute Gasteiger partial charge is 0.311 e. The average molecular weight is 175 g/mol. The van der Waals surface area contributed by atoms with Gasteiger partial charge in [0.1, 0.15) is 0 Å². The summed E-state index contributed by atoms with van der Waals surface area (Å²) >= 11 is 0. The van der Waals surface area contributed by atoms with Crippen LogP contribution in [0.3, 0.4) is 0 Å². The molecular formula is C10H13N3. The van der Waals surface area contributed by atoms with Gasteiger partial charge in [-0.15, -0.1) is 0 Å². The van der Waals surface area contributed by atoms with Gasteiger partial charge in [-0.1, -0.05) is 0 Å². The topological polar surface area (TPSA) is 37.8 Å². The van der Waals surface area contributed by atoms with Crippen molar-refractivity contribution < 1.29 is 0 Å². The molecule has 0 saturated carbocycles. The molecule has 1 aromatic rings. The van der Waals surface area contributed by atoms with Crippen molar-refractivity contribution in [2.75, 3.05) is 0 Å². The third kappa shape index (κ3) is 1.15. The van der Waals surface area contributed by atoms with E-state index in [9.17, 15) is 0 Å². The van der Waals surface area contributed by atoms with E-state index in [1.807, 2.05) is 6.20 Å². The van der Waals surface area contributed by atoms with E-state index in [-0.39, 0.29) is 0 Å². The molecule has 0 aromatic carbocycles. The minimum absolute atomic E-state index is 0.689. The zero-order valence-electron chi connectivity index (χ0n) is 7.48. The fraction of sp³-hybridized carbons (Fsp3) is 0.600. The van der Waals surface area contributed by atoms with Crippen LogP contribution in [0.4, 0.5) is 0 Å². The van der Waals surface area contributed by atoms with Crippen LogP contribution in [-0.2, 0) is 0 Å². The zero-order valence-corrected chi connectivity index (χ0v) is 7.48. The third-order valence-corrected chi connectivity index (χ3v) is 3.34. The molecule has 0 aliphatic carbocycles. The molecule has 0 unspecified atom stereocenters. The van der Waals surface area contributed by atoms with Crippen LogP contribution in [0, 0.1) is 0 Å². The van der Waals surface area contributed by atoms with Crippen molar-refractivity contribution in [1.29, 1.82) is 0 Å². The van der Waals surface area contributed by atoms with Gasteiger partial charge in [0.15, 0.2) is 0 Å². The molecule has 3 heteroatoms. The lowest BCUT2D eigenvalue weighted by Gasteiger charge is -2.19. The molecule has 13 heavy (non-hydrogen) atoms. The molecule has 2 aliphatic rings. The number of nitrogens with one attached hydrogen (secondary N) is 1. The van der Waals surface area contributed by atoms with Crippen LogP contribution in [0.5, 0.6) is 0 Å². The lowest BCUT2D eigenvalue weighted by molar-refractivity contribution is 0.504. The van der Waals surface area contributed by atoms with Gasteiger partial charge < -0.3 is 5.32 Å². The normalized spacial score (nSPS) is 36.8. The van der Waals surface area contributed by atoms with E-state index in [4.69, 9.17) is 0 Å². The van der Waals surface area contributed by atoms with E-state index in [1.165, 1.54) is 24.8 Å². The number of hydrogen-bond acceptors (Lipinski definition) is 3. The first-order valence-electron chi connectivity index (χ1n) is 4.96. The van der Waals surface area contributed by atoms with Crippen molar-refractivity contribution in [2.45, 2.75) is 37.3 Å². The Kier molecular flexibility index (Phi) is 1.59. The summed E-state index contributed by atoms with van der Waals surface area (Å²) in [5.74, 6) is 0.689. The van der Waals surface area contributed by atoms with Crippen LogP contribution in [0.25, 0.3) is 0 Å². The summed E-state index contributed by atoms with van der Waals surface area (Å²) in [5, 5.41) is 11.4. The molecular weight excluding hydrogens is 162 g/mol. The van der Waals surface area contributed by atoms with E-state index in [2.05, 4.69) is 21.6 Å². The Morgan fingerprint density at radius 3 is 2.92 bits per heavy atom. The second kappa shape index (κ2) is 2.77. The van der Waals surface area contributed by atoms with Gasteiger partial charge in [0, 0.05) is 24.2 Å². The maximum atomic E-state index is 3.94. The molecule has 3 nitrogen and oxygen atoms in total. The SMILES string of the molecule is c1cc([C@H]2C[C@H]3CC[C@@H]2N3)cnn1. The van der Waals surface area contributed by atoms with Crippen LogP contribution < -0.4 is 5.32 Å². The van der Waals surface area contributed by atoms with E-state index in [1.54, 1.807) is 6.20 Å². The minimum Gasteiger partial charge on any atom is -0.311 e. The highest BCUT2D eigenvalue weighted by molar-refractivity contribution is 5.20. The molecule has 3 rings (SSSR count). The third-order valence-electron chi connectivity index (χ3n) is 3.34. The van der Waals surface area contributed by atoms with Crippen LogP contribution in [0.15, 0.2) is 18.5 Å². The monoisotopic (exact) mass is 175 g/mol. The van der Waals surface area contributed by atoms with Gasteiger partial charge in [-0.2, -0.15) is 10.2 Å². The Balaban J connectivity index is 1.87. The number of rotatable bonds is 1. The number of hydrogen-bond donors (Lipinski definition) is 1. The summed E-state index contributed by atoms with van der Waals surface area (Å²) in [5.41, 5.74) is 1.36. The van der Waals surface area contributed by atoms with Crippen LogP contribution >= 0.6 is 0 Å². The number of nitrogens with zero attached hydrogens (tertiary/aromatic N) is 2. The Bertz CT molecular complexity index is 298. The summed E-state index contributed by atoms with van der Waals surface area (Å²) in [6.07, 6.45) is 7.68. The molecule has 3 atom stereocenters. The Labute approximate surface area is 77.6 Å². The van der Waals surface area contributed by atoms with Gasteiger partial charge >= 0.3 is 0 Å². The quantitative estimate of drug-likeness (QED) is 0.694. The lowest BCUT2D eigenvalue weighted by Crippen LogP contribution is -2.21. The molecule has 68 valence electrons. The molecule has 2 bridgehead atoms.